The van der Waals surface area contributed by atoms with Crippen molar-refractivity contribution in [2.75, 3.05) is 0 Å². The normalized spacial score (nSPS) is 12.6. The highest BCUT2D eigenvalue weighted by atomic mass is 32.1. The smallest absolute Gasteiger partial charge is 0.0774 e. The monoisotopic (exact) mass is 207 g/mol. The van der Waals surface area contributed by atoms with Gasteiger partial charge in [0.25, 0.3) is 0 Å². The molecule has 0 amide bonds. The first-order valence-electron chi connectivity index (χ1n) is 4.14. The molecule has 2 rings (SSSR count). The van der Waals surface area contributed by atoms with Gasteiger partial charge >= 0.3 is 0 Å². The van der Waals surface area contributed by atoms with Crippen molar-refractivity contribution >= 4 is 11.5 Å². The van der Waals surface area contributed by atoms with Crippen molar-refractivity contribution in [2.45, 2.75) is 12.5 Å². The van der Waals surface area contributed by atoms with Crippen LogP contribution in [0.15, 0.2) is 23.8 Å². The Kier molecular flexibility index (Phi) is 2.76. The first kappa shape index (κ1) is 9.17. The molecule has 72 valence electrons. The Morgan fingerprint density at radius 3 is 3.00 bits per heavy atom. The molecule has 1 atom stereocenters. The van der Waals surface area contributed by atoms with Gasteiger partial charge in [-0.1, -0.05) is 4.49 Å². The Balaban J connectivity index is 2.07. The second-order valence-electron chi connectivity index (χ2n) is 2.88. The fourth-order valence-corrected chi connectivity index (χ4v) is 1.60. The van der Waals surface area contributed by atoms with E-state index in [1.807, 2.05) is 11.4 Å². The van der Waals surface area contributed by atoms with Gasteiger partial charge < -0.3 is 5.73 Å². The average molecular weight is 207 g/mol. The van der Waals surface area contributed by atoms with Crippen LogP contribution < -0.4 is 5.73 Å². The van der Waals surface area contributed by atoms with E-state index in [4.69, 9.17) is 5.73 Å². The summed E-state index contributed by atoms with van der Waals surface area (Å²) < 4.78 is 3.78. The lowest BCUT2D eigenvalue weighted by Crippen LogP contribution is -2.13. The quantitative estimate of drug-likeness (QED) is 0.796. The fourth-order valence-electron chi connectivity index (χ4n) is 1.14. The predicted octanol–water partition coefficient (Wildman–Crippen LogP) is 0.571. The van der Waals surface area contributed by atoms with Gasteiger partial charge in [-0.2, -0.15) is 10.2 Å². The van der Waals surface area contributed by atoms with E-state index >= 15 is 0 Å². The molecular formula is C8H9N5S. The summed E-state index contributed by atoms with van der Waals surface area (Å²) in [5.74, 6) is 0. The molecule has 0 aliphatic heterocycles. The second-order valence-corrected chi connectivity index (χ2v) is 3.49. The van der Waals surface area contributed by atoms with Gasteiger partial charge in [-0.05, 0) is 23.2 Å². The minimum atomic E-state index is -0.0885. The van der Waals surface area contributed by atoms with Crippen LogP contribution >= 0.6 is 11.5 Å². The van der Waals surface area contributed by atoms with Gasteiger partial charge in [0.05, 0.1) is 11.9 Å². The molecule has 2 aromatic heterocycles. The highest BCUT2D eigenvalue weighted by Gasteiger charge is 2.08. The highest BCUT2D eigenvalue weighted by molar-refractivity contribution is 7.03. The summed E-state index contributed by atoms with van der Waals surface area (Å²) in [6, 6.07) is 1.77. The summed E-state index contributed by atoms with van der Waals surface area (Å²) in [5, 5.41) is 13.3. The lowest BCUT2D eigenvalue weighted by atomic mass is 10.1. The molecule has 0 aromatic carbocycles. The Hall–Kier alpha value is -1.40. The van der Waals surface area contributed by atoms with Gasteiger partial charge in [-0.15, -0.1) is 5.10 Å². The van der Waals surface area contributed by atoms with Crippen molar-refractivity contribution in [2.24, 2.45) is 5.73 Å². The summed E-state index contributed by atoms with van der Waals surface area (Å²) in [7, 11) is 0. The van der Waals surface area contributed by atoms with Gasteiger partial charge in [0.15, 0.2) is 0 Å². The van der Waals surface area contributed by atoms with Gasteiger partial charge in [-0.3, -0.25) is 0 Å². The first-order valence-corrected chi connectivity index (χ1v) is 4.98. The van der Waals surface area contributed by atoms with Crippen LogP contribution in [0.1, 0.15) is 17.3 Å². The maximum absolute atomic E-state index is 5.96. The minimum absolute atomic E-state index is 0.0885. The van der Waals surface area contributed by atoms with Crippen molar-refractivity contribution < 1.29 is 0 Å². The van der Waals surface area contributed by atoms with Crippen molar-refractivity contribution in [3.05, 3.63) is 35.1 Å². The van der Waals surface area contributed by atoms with Crippen molar-refractivity contribution in [3.8, 4) is 0 Å². The standard InChI is InChI=1S/C8H9N5S/c9-8(3-7-5-14-13-12-7)6-1-2-10-11-4-6/h1-2,4-5,8H,3,9H2. The molecule has 0 saturated heterocycles. The van der Waals surface area contributed by atoms with Crippen molar-refractivity contribution in [3.63, 3.8) is 0 Å². The molecule has 6 heteroatoms. The third-order valence-corrected chi connectivity index (χ3v) is 2.42. The lowest BCUT2D eigenvalue weighted by molar-refractivity contribution is 0.696. The van der Waals surface area contributed by atoms with Crippen LogP contribution in [0.3, 0.4) is 0 Å². The van der Waals surface area contributed by atoms with Gasteiger partial charge in [0, 0.05) is 24.0 Å². The van der Waals surface area contributed by atoms with E-state index in [9.17, 15) is 0 Å². The fraction of sp³-hybridized carbons (Fsp3) is 0.250. The van der Waals surface area contributed by atoms with E-state index in [0.29, 0.717) is 6.42 Å². The second kappa shape index (κ2) is 4.21. The molecule has 0 bridgehead atoms. The maximum Gasteiger partial charge on any atom is 0.0774 e. The zero-order valence-electron chi connectivity index (χ0n) is 7.37. The number of aromatic nitrogens is 4. The number of nitrogens with two attached hydrogens (primary N) is 1. The Morgan fingerprint density at radius 1 is 1.43 bits per heavy atom. The van der Waals surface area contributed by atoms with E-state index in [1.54, 1.807) is 12.4 Å². The van der Waals surface area contributed by atoms with Crippen LogP contribution in [0.4, 0.5) is 0 Å². The van der Waals surface area contributed by atoms with Crippen LogP contribution in [0.25, 0.3) is 0 Å². The number of hydrogen-bond donors (Lipinski definition) is 1. The highest BCUT2D eigenvalue weighted by Crippen LogP contribution is 2.13. The van der Waals surface area contributed by atoms with Gasteiger partial charge in [0.1, 0.15) is 0 Å². The summed E-state index contributed by atoms with van der Waals surface area (Å²) in [4.78, 5) is 0. The number of hydrogen-bond acceptors (Lipinski definition) is 6. The largest absolute Gasteiger partial charge is 0.324 e. The third-order valence-electron chi connectivity index (χ3n) is 1.87. The van der Waals surface area contributed by atoms with E-state index in [2.05, 4.69) is 19.8 Å². The molecule has 1 unspecified atom stereocenters. The van der Waals surface area contributed by atoms with Crippen LogP contribution in [0.2, 0.25) is 0 Å². The maximum atomic E-state index is 5.96. The van der Waals surface area contributed by atoms with E-state index < -0.39 is 0 Å². The molecule has 0 saturated carbocycles. The zero-order valence-corrected chi connectivity index (χ0v) is 8.18. The van der Waals surface area contributed by atoms with E-state index in [-0.39, 0.29) is 6.04 Å². The minimum Gasteiger partial charge on any atom is -0.324 e. The Morgan fingerprint density at radius 2 is 2.36 bits per heavy atom. The molecular weight excluding hydrogens is 198 g/mol. The van der Waals surface area contributed by atoms with Crippen LogP contribution in [0.5, 0.6) is 0 Å². The van der Waals surface area contributed by atoms with Crippen LogP contribution in [-0.2, 0) is 6.42 Å². The summed E-state index contributed by atoms with van der Waals surface area (Å²) in [6.07, 6.45) is 3.99. The van der Waals surface area contributed by atoms with Crippen molar-refractivity contribution in [1.29, 1.82) is 0 Å². The average Bonchev–Trinajstić information content (AvgIpc) is 2.72. The molecule has 0 spiro atoms. The summed E-state index contributed by atoms with van der Waals surface area (Å²) in [6.45, 7) is 0. The van der Waals surface area contributed by atoms with Crippen LogP contribution in [-0.4, -0.2) is 19.8 Å². The molecule has 14 heavy (non-hydrogen) atoms. The molecule has 0 radical (unpaired) electrons. The summed E-state index contributed by atoms with van der Waals surface area (Å²) >= 11 is 1.33. The van der Waals surface area contributed by atoms with E-state index in [1.165, 1.54) is 11.5 Å². The molecule has 2 aromatic rings. The number of nitrogens with zero attached hydrogens (tertiary/aromatic N) is 4. The molecule has 0 aliphatic rings. The molecule has 2 heterocycles. The predicted molar refractivity (Wildman–Crippen MR) is 52.6 cm³/mol. The first-order chi connectivity index (χ1) is 6.86. The molecule has 5 nitrogen and oxygen atoms in total. The topological polar surface area (TPSA) is 77.6 Å². The SMILES string of the molecule is NC(Cc1csnn1)c1ccnnc1. The zero-order chi connectivity index (χ0) is 9.80. The third kappa shape index (κ3) is 2.09. The van der Waals surface area contributed by atoms with Crippen molar-refractivity contribution in [1.82, 2.24) is 19.8 Å². The van der Waals surface area contributed by atoms with E-state index in [0.717, 1.165) is 11.3 Å². The molecule has 0 fully saturated rings. The van der Waals surface area contributed by atoms with Gasteiger partial charge in [-0.25, -0.2) is 0 Å². The van der Waals surface area contributed by atoms with Crippen LogP contribution in [0, 0.1) is 0 Å². The Labute approximate surface area is 85.2 Å². The number of rotatable bonds is 3. The molecule has 2 N–H and O–H groups in total. The Bertz CT molecular complexity index is 374. The van der Waals surface area contributed by atoms with Gasteiger partial charge in [0.2, 0.25) is 0 Å². The summed E-state index contributed by atoms with van der Waals surface area (Å²) in [5.41, 5.74) is 7.84. The lowest BCUT2D eigenvalue weighted by Gasteiger charge is -2.08. The molecule has 0 aliphatic carbocycles.